The summed E-state index contributed by atoms with van der Waals surface area (Å²) in [7, 11) is 1.82. The zero-order valence-electron chi connectivity index (χ0n) is 11.9. The Morgan fingerprint density at radius 3 is 3.15 bits per heavy atom. The molecule has 20 heavy (non-hydrogen) atoms. The number of ether oxygens (including phenoxy) is 1. The smallest absolute Gasteiger partial charge is 0.170 e. The minimum atomic E-state index is -0.187. The highest BCUT2D eigenvalue weighted by molar-refractivity contribution is 5.45. The number of hydrogen-bond donors (Lipinski definition) is 1. The van der Waals surface area contributed by atoms with Crippen LogP contribution in [-0.4, -0.2) is 37.3 Å². The van der Waals surface area contributed by atoms with Gasteiger partial charge in [-0.25, -0.2) is 9.37 Å². The van der Waals surface area contributed by atoms with E-state index in [-0.39, 0.29) is 18.0 Å². The van der Waals surface area contributed by atoms with Crippen LogP contribution in [0.5, 0.6) is 0 Å². The van der Waals surface area contributed by atoms with E-state index in [0.717, 1.165) is 19.4 Å². The Kier molecular flexibility index (Phi) is 4.17. The van der Waals surface area contributed by atoms with Crippen LogP contribution in [-0.2, 0) is 11.3 Å². The number of anilines is 1. The van der Waals surface area contributed by atoms with Crippen molar-refractivity contribution in [3.63, 3.8) is 0 Å². The molecule has 0 amide bonds. The SMILES string of the molecule is CNCc1ccnc(N2CCOC3CCCCC32)c1F. The van der Waals surface area contributed by atoms with Gasteiger partial charge in [-0.3, -0.25) is 0 Å². The summed E-state index contributed by atoms with van der Waals surface area (Å²) in [6.45, 7) is 1.92. The molecule has 1 saturated heterocycles. The molecule has 0 spiro atoms. The van der Waals surface area contributed by atoms with Crippen LogP contribution in [0.4, 0.5) is 10.2 Å². The first-order chi connectivity index (χ1) is 9.81. The number of nitrogens with one attached hydrogen (secondary N) is 1. The van der Waals surface area contributed by atoms with Crippen molar-refractivity contribution in [1.82, 2.24) is 10.3 Å². The van der Waals surface area contributed by atoms with E-state index in [4.69, 9.17) is 4.74 Å². The molecule has 4 nitrogen and oxygen atoms in total. The van der Waals surface area contributed by atoms with Gasteiger partial charge < -0.3 is 15.0 Å². The number of fused-ring (bicyclic) bond motifs is 1. The summed E-state index contributed by atoms with van der Waals surface area (Å²) in [6, 6.07) is 2.03. The Morgan fingerprint density at radius 2 is 2.30 bits per heavy atom. The highest BCUT2D eigenvalue weighted by atomic mass is 19.1. The standard InChI is InChI=1S/C15H22FN3O/c1-17-10-11-6-7-18-15(14(11)16)19-8-9-20-13-5-3-2-4-12(13)19/h6-7,12-13,17H,2-5,8-10H2,1H3. The number of morpholine rings is 1. The number of aromatic nitrogens is 1. The van der Waals surface area contributed by atoms with Crippen LogP contribution in [0.3, 0.4) is 0 Å². The van der Waals surface area contributed by atoms with E-state index in [1.807, 2.05) is 7.05 Å². The molecular formula is C15H22FN3O. The van der Waals surface area contributed by atoms with E-state index in [1.54, 1.807) is 12.3 Å². The third-order valence-electron chi connectivity index (χ3n) is 4.32. The molecule has 1 aromatic heterocycles. The van der Waals surface area contributed by atoms with Gasteiger partial charge in [-0.05, 0) is 26.0 Å². The molecule has 0 radical (unpaired) electrons. The van der Waals surface area contributed by atoms with Gasteiger partial charge in [0, 0.05) is 24.8 Å². The van der Waals surface area contributed by atoms with Crippen LogP contribution in [0.15, 0.2) is 12.3 Å². The summed E-state index contributed by atoms with van der Waals surface area (Å²) in [5.41, 5.74) is 0.677. The van der Waals surface area contributed by atoms with E-state index in [2.05, 4.69) is 15.2 Å². The molecule has 5 heteroatoms. The summed E-state index contributed by atoms with van der Waals surface area (Å²) >= 11 is 0. The molecule has 1 aliphatic heterocycles. The van der Waals surface area contributed by atoms with Gasteiger partial charge in [-0.15, -0.1) is 0 Å². The molecule has 1 aromatic rings. The number of halogens is 1. The van der Waals surface area contributed by atoms with Crippen molar-refractivity contribution in [1.29, 1.82) is 0 Å². The maximum Gasteiger partial charge on any atom is 0.170 e. The van der Waals surface area contributed by atoms with Gasteiger partial charge in [0.1, 0.15) is 0 Å². The quantitative estimate of drug-likeness (QED) is 0.919. The summed E-state index contributed by atoms with van der Waals surface area (Å²) in [5, 5.41) is 3.00. The van der Waals surface area contributed by atoms with Gasteiger partial charge in [0.05, 0.1) is 18.8 Å². The van der Waals surface area contributed by atoms with E-state index < -0.39 is 0 Å². The van der Waals surface area contributed by atoms with Crippen LogP contribution in [0.2, 0.25) is 0 Å². The Labute approximate surface area is 119 Å². The number of rotatable bonds is 3. The maximum atomic E-state index is 14.6. The normalized spacial score (nSPS) is 26.4. The summed E-state index contributed by atoms with van der Waals surface area (Å²) in [6.07, 6.45) is 6.51. The molecule has 2 aliphatic rings. The summed E-state index contributed by atoms with van der Waals surface area (Å²) in [5.74, 6) is 0.311. The third kappa shape index (κ3) is 2.52. The van der Waals surface area contributed by atoms with Crippen molar-refractivity contribution in [2.24, 2.45) is 0 Å². The Hall–Kier alpha value is -1.20. The van der Waals surface area contributed by atoms with E-state index >= 15 is 0 Å². The Morgan fingerprint density at radius 1 is 1.45 bits per heavy atom. The lowest BCUT2D eigenvalue weighted by atomic mass is 9.90. The highest BCUT2D eigenvalue weighted by Crippen LogP contribution is 2.32. The van der Waals surface area contributed by atoms with Crippen molar-refractivity contribution in [2.45, 2.75) is 44.4 Å². The van der Waals surface area contributed by atoms with Crippen LogP contribution in [0, 0.1) is 5.82 Å². The molecule has 2 heterocycles. The van der Waals surface area contributed by atoms with Gasteiger partial charge in [-0.2, -0.15) is 0 Å². The molecule has 3 rings (SSSR count). The predicted molar refractivity (Wildman–Crippen MR) is 76.3 cm³/mol. The van der Waals surface area contributed by atoms with Crippen LogP contribution in [0.25, 0.3) is 0 Å². The Balaban J connectivity index is 1.89. The summed E-state index contributed by atoms with van der Waals surface area (Å²) < 4.78 is 20.5. The predicted octanol–water partition coefficient (Wildman–Crippen LogP) is 2.09. The Bertz CT molecular complexity index is 466. The third-order valence-corrected chi connectivity index (χ3v) is 4.32. The van der Waals surface area contributed by atoms with E-state index in [9.17, 15) is 4.39 Å². The fourth-order valence-electron chi connectivity index (χ4n) is 3.36. The lowest BCUT2D eigenvalue weighted by Gasteiger charge is -2.44. The van der Waals surface area contributed by atoms with Gasteiger partial charge >= 0.3 is 0 Å². The molecule has 110 valence electrons. The highest BCUT2D eigenvalue weighted by Gasteiger charge is 2.36. The monoisotopic (exact) mass is 279 g/mol. The number of nitrogens with zero attached hydrogens (tertiary/aromatic N) is 2. The second-order valence-electron chi connectivity index (χ2n) is 5.59. The minimum Gasteiger partial charge on any atom is -0.374 e. The van der Waals surface area contributed by atoms with Crippen molar-refractivity contribution >= 4 is 5.82 Å². The van der Waals surface area contributed by atoms with Gasteiger partial charge in [0.2, 0.25) is 0 Å². The van der Waals surface area contributed by atoms with Crippen LogP contribution < -0.4 is 10.2 Å². The summed E-state index contributed by atoms with van der Waals surface area (Å²) in [4.78, 5) is 6.43. The van der Waals surface area contributed by atoms with Gasteiger partial charge in [0.25, 0.3) is 0 Å². The van der Waals surface area contributed by atoms with E-state index in [1.165, 1.54) is 12.8 Å². The molecule has 0 aromatic carbocycles. The van der Waals surface area contributed by atoms with Crippen LogP contribution >= 0.6 is 0 Å². The minimum absolute atomic E-state index is 0.187. The fourth-order valence-corrected chi connectivity index (χ4v) is 3.36. The maximum absolute atomic E-state index is 14.6. The van der Waals surface area contributed by atoms with Crippen molar-refractivity contribution < 1.29 is 9.13 Å². The van der Waals surface area contributed by atoms with Gasteiger partial charge in [-0.1, -0.05) is 12.8 Å². The number of hydrogen-bond acceptors (Lipinski definition) is 4. The molecule has 0 bridgehead atoms. The molecular weight excluding hydrogens is 257 g/mol. The molecule has 2 atom stereocenters. The second-order valence-corrected chi connectivity index (χ2v) is 5.59. The largest absolute Gasteiger partial charge is 0.374 e. The van der Waals surface area contributed by atoms with Gasteiger partial charge in [0.15, 0.2) is 11.6 Å². The average molecular weight is 279 g/mol. The van der Waals surface area contributed by atoms with Crippen molar-refractivity contribution in [2.75, 3.05) is 25.1 Å². The van der Waals surface area contributed by atoms with Crippen LogP contribution in [0.1, 0.15) is 31.2 Å². The van der Waals surface area contributed by atoms with Crippen molar-refractivity contribution in [3.8, 4) is 0 Å². The van der Waals surface area contributed by atoms with E-state index in [0.29, 0.717) is 24.5 Å². The first-order valence-electron chi connectivity index (χ1n) is 7.47. The molecule has 1 aliphatic carbocycles. The van der Waals surface area contributed by atoms with Crippen molar-refractivity contribution in [3.05, 3.63) is 23.6 Å². The first-order valence-corrected chi connectivity index (χ1v) is 7.47. The zero-order chi connectivity index (χ0) is 13.9. The lowest BCUT2D eigenvalue weighted by molar-refractivity contribution is -0.00925. The number of pyridine rings is 1. The second kappa shape index (κ2) is 6.06. The molecule has 2 fully saturated rings. The fraction of sp³-hybridized carbons (Fsp3) is 0.667. The first kappa shape index (κ1) is 13.8. The molecule has 1 saturated carbocycles. The topological polar surface area (TPSA) is 37.4 Å². The lowest BCUT2D eigenvalue weighted by Crippen LogP contribution is -2.53. The molecule has 2 unspecified atom stereocenters. The zero-order valence-corrected chi connectivity index (χ0v) is 11.9. The molecule has 1 N–H and O–H groups in total. The average Bonchev–Trinajstić information content (AvgIpc) is 2.49.